The van der Waals surface area contributed by atoms with Crippen LogP contribution in [0.3, 0.4) is 0 Å². The number of benzene rings is 3. The second-order valence-corrected chi connectivity index (χ2v) is 9.63. The van der Waals surface area contributed by atoms with Crippen LogP contribution in [0.4, 0.5) is 32.3 Å². The summed E-state index contributed by atoms with van der Waals surface area (Å²) >= 11 is 0. The maximum Gasteiger partial charge on any atom is 0.416 e. The molecule has 0 aliphatic carbocycles. The number of hydrogen-bond acceptors (Lipinski definition) is 5. The molecule has 6 nitrogen and oxygen atoms in total. The first-order chi connectivity index (χ1) is 19.5. The van der Waals surface area contributed by atoms with E-state index in [4.69, 9.17) is 4.98 Å². The number of halogens is 6. The van der Waals surface area contributed by atoms with Gasteiger partial charge < -0.3 is 15.5 Å². The number of carbonyl (C=O) groups excluding carboxylic acids is 1. The molecule has 0 unspecified atom stereocenters. The Bertz CT molecular complexity index is 1560. The van der Waals surface area contributed by atoms with Gasteiger partial charge in [0.05, 0.1) is 28.1 Å². The summed E-state index contributed by atoms with van der Waals surface area (Å²) in [5.41, 5.74) is -2.34. The van der Waals surface area contributed by atoms with Crippen molar-refractivity contribution in [2.24, 2.45) is 0 Å². The molecule has 0 radical (unpaired) electrons. The highest BCUT2D eigenvalue weighted by Gasteiger charge is 2.37. The van der Waals surface area contributed by atoms with Crippen LogP contribution in [0.2, 0.25) is 0 Å². The third kappa shape index (κ3) is 5.97. The summed E-state index contributed by atoms with van der Waals surface area (Å²) < 4.78 is 81.6. The predicted octanol–water partition coefficient (Wildman–Crippen LogP) is 5.69. The van der Waals surface area contributed by atoms with Gasteiger partial charge in [-0.15, -0.1) is 0 Å². The molecular weight excluding hydrogens is 548 g/mol. The van der Waals surface area contributed by atoms with E-state index in [2.05, 4.69) is 15.6 Å². The van der Waals surface area contributed by atoms with Crippen molar-refractivity contribution in [3.63, 3.8) is 0 Å². The van der Waals surface area contributed by atoms with E-state index in [1.807, 2.05) is 35.2 Å². The van der Waals surface area contributed by atoms with Gasteiger partial charge in [0.15, 0.2) is 0 Å². The van der Waals surface area contributed by atoms with Crippen molar-refractivity contribution in [3.8, 4) is 11.3 Å². The number of fused-ring (bicyclic) bond motifs is 1. The zero-order chi connectivity index (χ0) is 29.4. The number of nitrogens with one attached hydrogen (secondary N) is 2. The Hall–Kier alpha value is -4.19. The lowest BCUT2D eigenvalue weighted by Gasteiger charge is -2.29. The minimum Gasteiger partial charge on any atom is -0.355 e. The molecular formula is C29H25F6N5O. The second-order valence-electron chi connectivity index (χ2n) is 9.63. The molecule has 0 saturated carbocycles. The summed E-state index contributed by atoms with van der Waals surface area (Å²) in [6.45, 7) is 2.30. The predicted molar refractivity (Wildman–Crippen MR) is 143 cm³/mol. The standard InChI is InChI=1S/C29H25F6N5O/c1-36-26(41)24-23(15-17-13-19(28(30,31)32)16-20(14-17)29(33,34)35)38-27(40-11-9-37-10-12-40)39-25(24)22-8-4-6-18-5-2-3-7-21(18)22/h2-8,13-14,16,37H,9-12,15H2,1H3,(H,36,41). The lowest BCUT2D eigenvalue weighted by atomic mass is 9.94. The fourth-order valence-corrected chi connectivity index (χ4v) is 4.93. The maximum atomic E-state index is 13.6. The Labute approximate surface area is 231 Å². The third-order valence-electron chi connectivity index (χ3n) is 6.89. The van der Waals surface area contributed by atoms with Crippen molar-refractivity contribution in [2.45, 2.75) is 18.8 Å². The van der Waals surface area contributed by atoms with E-state index in [1.165, 1.54) is 7.05 Å². The van der Waals surface area contributed by atoms with Gasteiger partial charge >= 0.3 is 12.4 Å². The zero-order valence-electron chi connectivity index (χ0n) is 21.8. The normalized spacial score (nSPS) is 14.4. The number of nitrogens with zero attached hydrogens (tertiary/aromatic N) is 3. The van der Waals surface area contributed by atoms with Gasteiger partial charge in [0.2, 0.25) is 5.95 Å². The first-order valence-corrected chi connectivity index (χ1v) is 12.8. The molecule has 5 rings (SSSR count). The van der Waals surface area contributed by atoms with E-state index in [0.29, 0.717) is 43.9 Å². The zero-order valence-corrected chi connectivity index (χ0v) is 21.8. The quantitative estimate of drug-likeness (QED) is 0.300. The van der Waals surface area contributed by atoms with Gasteiger partial charge in [-0.05, 0) is 34.5 Å². The van der Waals surface area contributed by atoms with Gasteiger partial charge in [0.1, 0.15) is 0 Å². The summed E-state index contributed by atoms with van der Waals surface area (Å²) in [7, 11) is 1.38. The Balaban J connectivity index is 1.77. The number of amides is 1. The van der Waals surface area contributed by atoms with Gasteiger partial charge in [-0.1, -0.05) is 42.5 Å². The van der Waals surface area contributed by atoms with E-state index in [9.17, 15) is 31.1 Å². The summed E-state index contributed by atoms with van der Waals surface area (Å²) in [5, 5.41) is 7.39. The number of alkyl halides is 6. The molecule has 2 N–H and O–H groups in total. The molecule has 3 aromatic carbocycles. The first kappa shape index (κ1) is 28.3. The highest BCUT2D eigenvalue weighted by atomic mass is 19.4. The maximum absolute atomic E-state index is 13.6. The molecule has 41 heavy (non-hydrogen) atoms. The van der Waals surface area contributed by atoms with E-state index in [1.54, 1.807) is 12.1 Å². The molecule has 214 valence electrons. The lowest BCUT2D eigenvalue weighted by molar-refractivity contribution is -0.143. The minimum atomic E-state index is -5.01. The second kappa shape index (κ2) is 11.0. The molecule has 0 bridgehead atoms. The summed E-state index contributed by atoms with van der Waals surface area (Å²) in [6, 6.07) is 14.3. The lowest BCUT2D eigenvalue weighted by Crippen LogP contribution is -2.44. The molecule has 4 aromatic rings. The highest BCUT2D eigenvalue weighted by molar-refractivity contribution is 6.05. The molecule has 0 spiro atoms. The number of piperazine rings is 1. The van der Waals surface area contributed by atoms with Crippen LogP contribution in [0.1, 0.15) is 32.7 Å². The monoisotopic (exact) mass is 573 g/mol. The summed E-state index contributed by atoms with van der Waals surface area (Å²) in [6.07, 6.45) is -10.5. The van der Waals surface area contributed by atoms with E-state index in [0.717, 1.165) is 10.8 Å². The van der Waals surface area contributed by atoms with Gasteiger partial charge in [0.25, 0.3) is 5.91 Å². The molecule has 0 atom stereocenters. The molecule has 1 aliphatic rings. The third-order valence-corrected chi connectivity index (χ3v) is 6.89. The Morgan fingerprint density at radius 1 is 0.902 bits per heavy atom. The molecule has 1 saturated heterocycles. The molecule has 12 heteroatoms. The Morgan fingerprint density at radius 3 is 2.17 bits per heavy atom. The summed E-state index contributed by atoms with van der Waals surface area (Å²) in [4.78, 5) is 24.5. The van der Waals surface area contributed by atoms with Gasteiger partial charge in [-0.3, -0.25) is 4.79 Å². The van der Waals surface area contributed by atoms with Gasteiger partial charge in [0, 0.05) is 45.2 Å². The molecule has 1 amide bonds. The smallest absolute Gasteiger partial charge is 0.355 e. The van der Waals surface area contributed by atoms with Crippen molar-refractivity contribution < 1.29 is 31.1 Å². The van der Waals surface area contributed by atoms with Crippen LogP contribution in [0.15, 0.2) is 60.7 Å². The fourth-order valence-electron chi connectivity index (χ4n) is 4.93. The van der Waals surface area contributed by atoms with Crippen LogP contribution < -0.4 is 15.5 Å². The van der Waals surface area contributed by atoms with Crippen LogP contribution in [-0.2, 0) is 18.8 Å². The van der Waals surface area contributed by atoms with Crippen molar-refractivity contribution in [1.82, 2.24) is 20.6 Å². The molecule has 2 heterocycles. The molecule has 1 fully saturated rings. The van der Waals surface area contributed by atoms with Crippen LogP contribution in [-0.4, -0.2) is 49.1 Å². The number of anilines is 1. The largest absolute Gasteiger partial charge is 0.416 e. The highest BCUT2D eigenvalue weighted by Crippen LogP contribution is 2.38. The summed E-state index contributed by atoms with van der Waals surface area (Å²) in [5.74, 6) is -0.377. The number of aromatic nitrogens is 2. The van der Waals surface area contributed by atoms with Crippen LogP contribution >= 0.6 is 0 Å². The van der Waals surface area contributed by atoms with Crippen molar-refractivity contribution >= 4 is 22.6 Å². The van der Waals surface area contributed by atoms with Crippen LogP contribution in [0.5, 0.6) is 0 Å². The Morgan fingerprint density at radius 2 is 1.54 bits per heavy atom. The van der Waals surface area contributed by atoms with E-state index >= 15 is 0 Å². The van der Waals surface area contributed by atoms with Crippen LogP contribution in [0.25, 0.3) is 22.0 Å². The topological polar surface area (TPSA) is 70.2 Å². The number of hydrogen-bond donors (Lipinski definition) is 2. The van der Waals surface area contributed by atoms with Crippen molar-refractivity contribution in [2.75, 3.05) is 38.1 Å². The van der Waals surface area contributed by atoms with Crippen LogP contribution in [0, 0.1) is 0 Å². The molecule has 1 aliphatic heterocycles. The van der Waals surface area contributed by atoms with E-state index in [-0.39, 0.29) is 34.5 Å². The first-order valence-electron chi connectivity index (χ1n) is 12.8. The average Bonchev–Trinajstić information content (AvgIpc) is 2.95. The van der Waals surface area contributed by atoms with E-state index < -0.39 is 35.8 Å². The van der Waals surface area contributed by atoms with Gasteiger partial charge in [-0.25, -0.2) is 9.97 Å². The number of carbonyl (C=O) groups is 1. The number of rotatable bonds is 5. The Kier molecular flexibility index (Phi) is 7.60. The SMILES string of the molecule is CNC(=O)c1c(Cc2cc(C(F)(F)F)cc(C(F)(F)F)c2)nc(N2CCNCC2)nc1-c1cccc2ccccc12. The van der Waals surface area contributed by atoms with Crippen molar-refractivity contribution in [3.05, 3.63) is 88.6 Å². The average molecular weight is 574 g/mol. The fraction of sp³-hybridized carbons (Fsp3) is 0.276. The van der Waals surface area contributed by atoms with Crippen molar-refractivity contribution in [1.29, 1.82) is 0 Å². The molecule has 1 aromatic heterocycles. The van der Waals surface area contributed by atoms with Gasteiger partial charge in [-0.2, -0.15) is 26.3 Å². The minimum absolute atomic E-state index is 0.0169.